The third-order valence-electron chi connectivity index (χ3n) is 3.49. The summed E-state index contributed by atoms with van der Waals surface area (Å²) in [4.78, 5) is 4.41. The van der Waals surface area contributed by atoms with Gasteiger partial charge >= 0.3 is 0 Å². The van der Waals surface area contributed by atoms with E-state index in [1.807, 2.05) is 13.8 Å². The van der Waals surface area contributed by atoms with Gasteiger partial charge in [-0.15, -0.1) is 0 Å². The largest absolute Gasteiger partial charge is 0.459 e. The Morgan fingerprint density at radius 1 is 1.17 bits per heavy atom. The quantitative estimate of drug-likeness (QED) is 0.593. The third kappa shape index (κ3) is 3.27. The van der Waals surface area contributed by atoms with E-state index in [0.717, 1.165) is 6.42 Å². The summed E-state index contributed by atoms with van der Waals surface area (Å²) in [7, 11) is -3.76. The maximum Gasteiger partial charge on any atom is 0.265 e. The number of sulfone groups is 1. The van der Waals surface area contributed by atoms with Crippen LogP contribution in [0, 0.1) is 0 Å². The van der Waals surface area contributed by atoms with Crippen molar-refractivity contribution in [2.24, 2.45) is 0 Å². The Labute approximate surface area is 145 Å². The molecule has 0 fully saturated rings. The molecule has 5 nitrogen and oxygen atoms in total. The number of benzene rings is 1. The van der Waals surface area contributed by atoms with Gasteiger partial charge in [-0.2, -0.15) is 4.98 Å². The molecular formula is C17H17NO4S2. The molecule has 2 heterocycles. The number of hydrogen-bond acceptors (Lipinski definition) is 6. The minimum Gasteiger partial charge on any atom is -0.459 e. The first-order valence-corrected chi connectivity index (χ1v) is 9.90. The summed E-state index contributed by atoms with van der Waals surface area (Å²) in [5.74, 6) is 0.566. The summed E-state index contributed by atoms with van der Waals surface area (Å²) >= 11 is 1.36. The lowest BCUT2D eigenvalue weighted by Gasteiger charge is -2.07. The molecule has 2 aromatic heterocycles. The van der Waals surface area contributed by atoms with Crippen LogP contribution in [-0.4, -0.2) is 18.7 Å². The number of thioether (sulfide) groups is 1. The zero-order chi connectivity index (χ0) is 17.2. The van der Waals surface area contributed by atoms with Gasteiger partial charge in [0.25, 0.3) is 5.89 Å². The van der Waals surface area contributed by atoms with Crippen LogP contribution in [0.1, 0.15) is 20.3 Å². The van der Waals surface area contributed by atoms with E-state index >= 15 is 0 Å². The van der Waals surface area contributed by atoms with Gasteiger partial charge < -0.3 is 8.83 Å². The van der Waals surface area contributed by atoms with E-state index in [-0.39, 0.29) is 21.1 Å². The van der Waals surface area contributed by atoms with E-state index in [1.165, 1.54) is 18.0 Å². The molecule has 0 amide bonds. The van der Waals surface area contributed by atoms with E-state index in [0.29, 0.717) is 10.9 Å². The molecule has 0 aliphatic rings. The van der Waals surface area contributed by atoms with Crippen molar-refractivity contribution in [1.82, 2.24) is 4.98 Å². The molecule has 0 bridgehead atoms. The predicted octanol–water partition coefficient (Wildman–Crippen LogP) is 4.66. The number of aromatic nitrogens is 1. The fourth-order valence-electron chi connectivity index (χ4n) is 2.02. The summed E-state index contributed by atoms with van der Waals surface area (Å²) in [5.41, 5.74) is 0. The van der Waals surface area contributed by atoms with Crippen molar-refractivity contribution in [3.05, 3.63) is 48.7 Å². The average molecular weight is 363 g/mol. The Balaban J connectivity index is 2.11. The monoisotopic (exact) mass is 363 g/mol. The van der Waals surface area contributed by atoms with Crippen LogP contribution in [0.25, 0.3) is 11.7 Å². The minimum absolute atomic E-state index is 0.0644. The maximum atomic E-state index is 12.9. The molecule has 7 heteroatoms. The van der Waals surface area contributed by atoms with Gasteiger partial charge in [0.15, 0.2) is 5.76 Å². The van der Waals surface area contributed by atoms with Crippen LogP contribution in [0.2, 0.25) is 0 Å². The second-order valence-corrected chi connectivity index (χ2v) is 8.52. The van der Waals surface area contributed by atoms with Crippen molar-refractivity contribution in [3.8, 4) is 11.7 Å². The average Bonchev–Trinajstić information content (AvgIpc) is 3.25. The molecule has 0 saturated carbocycles. The van der Waals surface area contributed by atoms with E-state index < -0.39 is 9.84 Å². The Kier molecular flexibility index (Phi) is 4.82. The first-order valence-electron chi connectivity index (χ1n) is 7.54. The number of hydrogen-bond donors (Lipinski definition) is 0. The van der Waals surface area contributed by atoms with Crippen molar-refractivity contribution in [2.45, 2.75) is 40.5 Å². The fourth-order valence-corrected chi connectivity index (χ4v) is 4.50. The predicted molar refractivity (Wildman–Crippen MR) is 91.7 cm³/mol. The highest BCUT2D eigenvalue weighted by molar-refractivity contribution is 8.00. The molecule has 3 aromatic rings. The summed E-state index contributed by atoms with van der Waals surface area (Å²) in [5, 5.41) is 0.428. The van der Waals surface area contributed by atoms with Crippen molar-refractivity contribution in [1.29, 1.82) is 0 Å². The van der Waals surface area contributed by atoms with Crippen LogP contribution in [-0.2, 0) is 9.84 Å². The van der Waals surface area contributed by atoms with E-state index in [9.17, 15) is 8.42 Å². The molecule has 3 rings (SSSR count). The van der Waals surface area contributed by atoms with Crippen LogP contribution in [0.4, 0.5) is 0 Å². The molecular weight excluding hydrogens is 346 g/mol. The number of rotatable bonds is 6. The van der Waals surface area contributed by atoms with Gasteiger partial charge in [0.05, 0.1) is 11.2 Å². The Morgan fingerprint density at radius 3 is 2.54 bits per heavy atom. The van der Waals surface area contributed by atoms with Crippen molar-refractivity contribution in [3.63, 3.8) is 0 Å². The lowest BCUT2D eigenvalue weighted by molar-refractivity contribution is 0.450. The number of nitrogens with zero attached hydrogens (tertiary/aromatic N) is 1. The smallest absolute Gasteiger partial charge is 0.265 e. The number of furan rings is 1. The van der Waals surface area contributed by atoms with Gasteiger partial charge in [0.1, 0.15) is 0 Å². The zero-order valence-corrected chi connectivity index (χ0v) is 14.9. The second kappa shape index (κ2) is 6.86. The summed E-state index contributed by atoms with van der Waals surface area (Å²) < 4.78 is 36.9. The third-order valence-corrected chi connectivity index (χ3v) is 6.52. The lowest BCUT2D eigenvalue weighted by atomic mass is 10.4. The zero-order valence-electron chi connectivity index (χ0n) is 13.3. The minimum atomic E-state index is -3.76. The van der Waals surface area contributed by atoms with Gasteiger partial charge in [0, 0.05) is 5.25 Å². The first-order chi connectivity index (χ1) is 11.5. The standard InChI is InChI=1S/C17H17NO4S2/c1-3-12(2)23-17-16(18-15(22-17)14-10-7-11-21-14)24(19,20)13-8-5-4-6-9-13/h4-12H,3H2,1-2H3/t12-/m0/s1. The second-order valence-electron chi connectivity index (χ2n) is 5.24. The Hall–Kier alpha value is -1.99. The van der Waals surface area contributed by atoms with Crippen LogP contribution in [0.15, 0.2) is 72.6 Å². The molecule has 24 heavy (non-hydrogen) atoms. The van der Waals surface area contributed by atoms with Crippen LogP contribution >= 0.6 is 11.8 Å². The first kappa shape index (κ1) is 16.9. The highest BCUT2D eigenvalue weighted by Crippen LogP contribution is 2.37. The topological polar surface area (TPSA) is 73.3 Å². The summed E-state index contributed by atoms with van der Waals surface area (Å²) in [6.07, 6.45) is 2.37. The molecule has 0 aliphatic heterocycles. The van der Waals surface area contributed by atoms with Crippen LogP contribution in [0.3, 0.4) is 0 Å². The lowest BCUT2D eigenvalue weighted by Crippen LogP contribution is -2.04. The molecule has 0 N–H and O–H groups in total. The molecule has 126 valence electrons. The van der Waals surface area contributed by atoms with Gasteiger partial charge in [0.2, 0.25) is 20.0 Å². The molecule has 0 radical (unpaired) electrons. The maximum absolute atomic E-state index is 12.9. The molecule has 0 saturated heterocycles. The normalized spacial score (nSPS) is 13.1. The highest BCUT2D eigenvalue weighted by Gasteiger charge is 2.29. The molecule has 0 unspecified atom stereocenters. The highest BCUT2D eigenvalue weighted by atomic mass is 32.2. The SMILES string of the molecule is CC[C@H](C)Sc1oc(-c2ccco2)nc1S(=O)(=O)c1ccccc1. The molecule has 0 spiro atoms. The van der Waals surface area contributed by atoms with Crippen LogP contribution < -0.4 is 0 Å². The fraction of sp³-hybridized carbons (Fsp3) is 0.235. The molecule has 1 aromatic carbocycles. The van der Waals surface area contributed by atoms with Gasteiger partial charge in [-0.1, -0.05) is 43.8 Å². The number of oxazole rings is 1. The van der Waals surface area contributed by atoms with Gasteiger partial charge in [-0.25, -0.2) is 8.42 Å². The van der Waals surface area contributed by atoms with E-state index in [4.69, 9.17) is 8.83 Å². The summed E-state index contributed by atoms with van der Waals surface area (Å²) in [6, 6.07) is 11.6. The summed E-state index contributed by atoms with van der Waals surface area (Å²) in [6.45, 7) is 4.05. The van der Waals surface area contributed by atoms with Crippen molar-refractivity contribution >= 4 is 21.6 Å². The molecule has 1 atom stereocenters. The van der Waals surface area contributed by atoms with Gasteiger partial charge in [-0.3, -0.25) is 0 Å². The Bertz CT molecular complexity index is 899. The Morgan fingerprint density at radius 2 is 1.92 bits per heavy atom. The van der Waals surface area contributed by atoms with E-state index in [1.54, 1.807) is 42.5 Å². The van der Waals surface area contributed by atoms with Crippen LogP contribution in [0.5, 0.6) is 0 Å². The van der Waals surface area contributed by atoms with Gasteiger partial charge in [-0.05, 0) is 30.7 Å². The van der Waals surface area contributed by atoms with Crippen molar-refractivity contribution in [2.75, 3.05) is 0 Å². The van der Waals surface area contributed by atoms with Crippen molar-refractivity contribution < 1.29 is 17.3 Å². The molecule has 0 aliphatic carbocycles. The van der Waals surface area contributed by atoms with E-state index in [2.05, 4.69) is 4.98 Å².